The molecule has 5 heteroatoms. The number of aryl methyl sites for hydroxylation is 1. The molecule has 0 fully saturated rings. The maximum absolute atomic E-state index is 10.5. The summed E-state index contributed by atoms with van der Waals surface area (Å²) in [5.74, 6) is 0.357. The van der Waals surface area contributed by atoms with E-state index in [1.165, 1.54) is 6.92 Å². The van der Waals surface area contributed by atoms with E-state index in [2.05, 4.69) is 5.16 Å². The highest BCUT2D eigenvalue weighted by Crippen LogP contribution is 2.22. The van der Waals surface area contributed by atoms with Crippen molar-refractivity contribution in [3.8, 4) is 5.75 Å². The molecule has 90 valence electrons. The third kappa shape index (κ3) is 2.75. The Morgan fingerprint density at radius 2 is 2.24 bits per heavy atom. The molecule has 2 rings (SSSR count). The van der Waals surface area contributed by atoms with Crippen LogP contribution in [-0.2, 0) is 9.53 Å². The number of benzene rings is 1. The Bertz CT molecular complexity index is 532. The van der Waals surface area contributed by atoms with E-state index < -0.39 is 0 Å². The van der Waals surface area contributed by atoms with Crippen molar-refractivity contribution in [1.29, 1.82) is 0 Å². The van der Waals surface area contributed by atoms with Crippen LogP contribution in [0.4, 0.5) is 0 Å². The minimum atomic E-state index is -0.310. The van der Waals surface area contributed by atoms with Crippen molar-refractivity contribution in [2.45, 2.75) is 13.8 Å². The lowest BCUT2D eigenvalue weighted by atomic mass is 10.2. The standard InChI is InChI=1S/C12H13NO4/c1-8-11-4-3-10(7-12(11)17-13-8)16-6-5-15-9(2)14/h3-4,7H,5-6H2,1-2H3. The van der Waals surface area contributed by atoms with Gasteiger partial charge in [0.2, 0.25) is 0 Å². The molecule has 1 heterocycles. The highest BCUT2D eigenvalue weighted by Gasteiger charge is 2.05. The average Bonchev–Trinajstić information content (AvgIpc) is 2.66. The van der Waals surface area contributed by atoms with E-state index in [4.69, 9.17) is 14.0 Å². The molecule has 2 aromatic rings. The van der Waals surface area contributed by atoms with Crippen LogP contribution in [-0.4, -0.2) is 24.3 Å². The van der Waals surface area contributed by atoms with Crippen LogP contribution >= 0.6 is 0 Å². The van der Waals surface area contributed by atoms with E-state index in [1.54, 1.807) is 6.07 Å². The van der Waals surface area contributed by atoms with E-state index in [-0.39, 0.29) is 12.6 Å². The molecule has 0 saturated heterocycles. The topological polar surface area (TPSA) is 61.6 Å². The smallest absolute Gasteiger partial charge is 0.302 e. The maximum atomic E-state index is 10.5. The van der Waals surface area contributed by atoms with Crippen molar-refractivity contribution >= 4 is 16.9 Å². The molecule has 0 atom stereocenters. The Labute approximate surface area is 98.3 Å². The third-order valence-corrected chi connectivity index (χ3v) is 2.28. The molecule has 17 heavy (non-hydrogen) atoms. The molecule has 0 aliphatic rings. The highest BCUT2D eigenvalue weighted by atomic mass is 16.6. The van der Waals surface area contributed by atoms with Gasteiger partial charge in [0.25, 0.3) is 0 Å². The summed E-state index contributed by atoms with van der Waals surface area (Å²) >= 11 is 0. The van der Waals surface area contributed by atoms with Gasteiger partial charge in [-0.1, -0.05) is 5.16 Å². The lowest BCUT2D eigenvalue weighted by molar-refractivity contribution is -0.141. The van der Waals surface area contributed by atoms with Crippen molar-refractivity contribution in [2.24, 2.45) is 0 Å². The van der Waals surface area contributed by atoms with Crippen LogP contribution in [0.1, 0.15) is 12.6 Å². The van der Waals surface area contributed by atoms with E-state index in [0.29, 0.717) is 17.9 Å². The lowest BCUT2D eigenvalue weighted by Crippen LogP contribution is -2.09. The molecule has 1 aromatic carbocycles. The monoisotopic (exact) mass is 235 g/mol. The minimum absolute atomic E-state index is 0.239. The van der Waals surface area contributed by atoms with Crippen LogP contribution in [0.25, 0.3) is 11.0 Å². The molecular weight excluding hydrogens is 222 g/mol. The summed E-state index contributed by atoms with van der Waals surface area (Å²) in [5, 5.41) is 4.83. The second kappa shape index (κ2) is 4.86. The first-order valence-electron chi connectivity index (χ1n) is 5.29. The predicted molar refractivity (Wildman–Crippen MR) is 60.9 cm³/mol. The molecular formula is C12H13NO4. The summed E-state index contributed by atoms with van der Waals surface area (Å²) in [6.07, 6.45) is 0. The zero-order chi connectivity index (χ0) is 12.3. The number of fused-ring (bicyclic) bond motifs is 1. The van der Waals surface area contributed by atoms with Gasteiger partial charge in [-0.25, -0.2) is 0 Å². The van der Waals surface area contributed by atoms with Crippen LogP contribution in [0.15, 0.2) is 22.7 Å². The molecule has 0 radical (unpaired) electrons. The summed E-state index contributed by atoms with van der Waals surface area (Å²) in [6.45, 7) is 3.80. The fourth-order valence-corrected chi connectivity index (χ4v) is 1.48. The summed E-state index contributed by atoms with van der Waals surface area (Å²) in [5.41, 5.74) is 1.54. The normalized spacial score (nSPS) is 10.5. The Kier molecular flexibility index (Phi) is 3.27. The SMILES string of the molecule is CC(=O)OCCOc1ccc2c(C)noc2c1. The number of nitrogens with zero attached hydrogens (tertiary/aromatic N) is 1. The molecule has 5 nitrogen and oxygen atoms in total. The van der Waals surface area contributed by atoms with Crippen LogP contribution in [0.2, 0.25) is 0 Å². The summed E-state index contributed by atoms with van der Waals surface area (Å²) in [4.78, 5) is 10.5. The maximum Gasteiger partial charge on any atom is 0.302 e. The number of hydrogen-bond acceptors (Lipinski definition) is 5. The van der Waals surface area contributed by atoms with Crippen molar-refractivity contribution in [1.82, 2.24) is 5.16 Å². The van der Waals surface area contributed by atoms with Crippen LogP contribution in [0.3, 0.4) is 0 Å². The molecule has 0 N–H and O–H groups in total. The molecule has 1 aromatic heterocycles. The number of ether oxygens (including phenoxy) is 2. The first-order valence-corrected chi connectivity index (χ1v) is 5.29. The number of hydrogen-bond donors (Lipinski definition) is 0. The first kappa shape index (κ1) is 11.4. The first-order chi connectivity index (χ1) is 8.16. The molecule has 0 bridgehead atoms. The summed E-state index contributed by atoms with van der Waals surface area (Å²) in [7, 11) is 0. The molecule has 0 aliphatic carbocycles. The van der Waals surface area contributed by atoms with Gasteiger partial charge in [0.1, 0.15) is 19.0 Å². The zero-order valence-electron chi connectivity index (χ0n) is 9.73. The fourth-order valence-electron chi connectivity index (χ4n) is 1.48. The van der Waals surface area contributed by atoms with Gasteiger partial charge in [-0.05, 0) is 19.1 Å². The highest BCUT2D eigenvalue weighted by molar-refractivity contribution is 5.80. The molecule has 0 aliphatic heterocycles. The summed E-state index contributed by atoms with van der Waals surface area (Å²) < 4.78 is 15.3. The van der Waals surface area contributed by atoms with Gasteiger partial charge < -0.3 is 14.0 Å². The molecule has 0 unspecified atom stereocenters. The second-order valence-corrected chi connectivity index (χ2v) is 3.61. The van der Waals surface area contributed by atoms with Crippen LogP contribution in [0, 0.1) is 6.92 Å². The van der Waals surface area contributed by atoms with Gasteiger partial charge in [0, 0.05) is 18.4 Å². The van der Waals surface area contributed by atoms with Gasteiger partial charge >= 0.3 is 5.97 Å². The number of rotatable bonds is 4. The fraction of sp³-hybridized carbons (Fsp3) is 0.333. The van der Waals surface area contributed by atoms with E-state index >= 15 is 0 Å². The zero-order valence-corrected chi connectivity index (χ0v) is 9.73. The lowest BCUT2D eigenvalue weighted by Gasteiger charge is -2.05. The Morgan fingerprint density at radius 3 is 3.00 bits per heavy atom. The Morgan fingerprint density at radius 1 is 1.41 bits per heavy atom. The summed E-state index contributed by atoms with van der Waals surface area (Å²) in [6, 6.07) is 5.49. The van der Waals surface area contributed by atoms with Crippen LogP contribution < -0.4 is 4.74 Å². The minimum Gasteiger partial charge on any atom is -0.490 e. The number of carbonyl (C=O) groups excluding carboxylic acids is 1. The third-order valence-electron chi connectivity index (χ3n) is 2.28. The van der Waals surface area contributed by atoms with Gasteiger partial charge in [-0.15, -0.1) is 0 Å². The number of carbonyl (C=O) groups is 1. The Balaban J connectivity index is 1.97. The number of esters is 1. The number of aromatic nitrogens is 1. The van der Waals surface area contributed by atoms with Crippen LogP contribution in [0.5, 0.6) is 5.75 Å². The largest absolute Gasteiger partial charge is 0.490 e. The van der Waals surface area contributed by atoms with E-state index in [9.17, 15) is 4.79 Å². The van der Waals surface area contributed by atoms with E-state index in [0.717, 1.165) is 11.1 Å². The van der Waals surface area contributed by atoms with E-state index in [1.807, 2.05) is 19.1 Å². The van der Waals surface area contributed by atoms with Gasteiger partial charge in [-0.3, -0.25) is 4.79 Å². The second-order valence-electron chi connectivity index (χ2n) is 3.61. The van der Waals surface area contributed by atoms with Gasteiger partial charge in [0.05, 0.1) is 5.69 Å². The average molecular weight is 235 g/mol. The van der Waals surface area contributed by atoms with Gasteiger partial charge in [0.15, 0.2) is 5.58 Å². The van der Waals surface area contributed by atoms with Gasteiger partial charge in [-0.2, -0.15) is 0 Å². The van der Waals surface area contributed by atoms with Crippen molar-refractivity contribution in [3.05, 3.63) is 23.9 Å². The predicted octanol–water partition coefficient (Wildman–Crippen LogP) is 2.08. The van der Waals surface area contributed by atoms with Crippen molar-refractivity contribution in [3.63, 3.8) is 0 Å². The van der Waals surface area contributed by atoms with Crippen molar-refractivity contribution < 1.29 is 18.8 Å². The quantitative estimate of drug-likeness (QED) is 0.599. The molecule has 0 spiro atoms. The molecule has 0 amide bonds. The Hall–Kier alpha value is -2.04. The van der Waals surface area contributed by atoms with Crippen molar-refractivity contribution in [2.75, 3.05) is 13.2 Å². The molecule has 0 saturated carbocycles.